The number of nitrogens with zero attached hydrogens (tertiary/aromatic N) is 2. The molecule has 1 N–H and O–H groups in total. The summed E-state index contributed by atoms with van der Waals surface area (Å²) in [6.45, 7) is 2.45. The van der Waals surface area contributed by atoms with Gasteiger partial charge in [0.25, 0.3) is 0 Å². The molecule has 0 bridgehead atoms. The Hall–Kier alpha value is -1.69. The highest BCUT2D eigenvalue weighted by atomic mass is 32.1. The van der Waals surface area contributed by atoms with Crippen LogP contribution in [0.1, 0.15) is 47.3 Å². The first-order valence-electron chi connectivity index (χ1n) is 7.27. The lowest BCUT2D eigenvalue weighted by Gasteiger charge is -2.21. The highest BCUT2D eigenvalue weighted by Gasteiger charge is 2.20. The Morgan fingerprint density at radius 1 is 1.38 bits per heavy atom. The van der Waals surface area contributed by atoms with Crippen LogP contribution in [0.25, 0.3) is 10.2 Å². The molecule has 3 rings (SSSR count). The molecule has 1 fully saturated rings. The van der Waals surface area contributed by atoms with E-state index in [1.807, 2.05) is 0 Å². The summed E-state index contributed by atoms with van der Waals surface area (Å²) in [6, 6.07) is 0. The number of fused-ring (bicyclic) bond motifs is 1. The minimum absolute atomic E-state index is 0.313. The van der Waals surface area contributed by atoms with Crippen molar-refractivity contribution in [1.82, 2.24) is 9.97 Å². The summed E-state index contributed by atoms with van der Waals surface area (Å²) in [6.07, 6.45) is 7.72. The van der Waals surface area contributed by atoms with Crippen LogP contribution in [0.3, 0.4) is 0 Å². The molecule has 0 spiro atoms. The maximum atomic E-state index is 11.2. The number of rotatable bonds is 4. The maximum Gasteiger partial charge on any atom is 0.346 e. The predicted molar refractivity (Wildman–Crippen MR) is 81.2 cm³/mol. The van der Waals surface area contributed by atoms with Crippen molar-refractivity contribution in [3.8, 4) is 5.88 Å². The van der Waals surface area contributed by atoms with Gasteiger partial charge in [0.2, 0.25) is 5.88 Å². The molecule has 0 aromatic carbocycles. The van der Waals surface area contributed by atoms with Crippen molar-refractivity contribution in [2.45, 2.75) is 39.0 Å². The number of aromatic carboxylic acids is 1. The molecule has 0 amide bonds. The van der Waals surface area contributed by atoms with E-state index in [1.165, 1.54) is 49.8 Å². The number of aryl methyl sites for hydroxylation is 1. The zero-order valence-corrected chi connectivity index (χ0v) is 12.8. The zero-order valence-electron chi connectivity index (χ0n) is 12.0. The standard InChI is InChI=1S/C15H18N2O3S/c1-9-11-13(20-7-10-5-3-2-4-6-10)16-8-17-14(11)21-12(9)15(18)19/h8,10H,2-7H2,1H3,(H,18,19). The molecule has 6 heteroatoms. The number of carboxylic acid groups (broad SMARTS) is 1. The summed E-state index contributed by atoms with van der Waals surface area (Å²) in [7, 11) is 0. The molecule has 5 nitrogen and oxygen atoms in total. The number of carbonyl (C=O) groups is 1. The Labute approximate surface area is 127 Å². The van der Waals surface area contributed by atoms with Gasteiger partial charge in [0.05, 0.1) is 12.0 Å². The monoisotopic (exact) mass is 306 g/mol. The molecule has 0 unspecified atom stereocenters. The first-order chi connectivity index (χ1) is 10.2. The smallest absolute Gasteiger partial charge is 0.346 e. The second-order valence-electron chi connectivity index (χ2n) is 5.54. The molecule has 2 aromatic rings. The molecule has 112 valence electrons. The lowest BCUT2D eigenvalue weighted by molar-refractivity contribution is 0.0701. The van der Waals surface area contributed by atoms with E-state index in [0.717, 1.165) is 5.39 Å². The van der Waals surface area contributed by atoms with Gasteiger partial charge in [0, 0.05) is 0 Å². The van der Waals surface area contributed by atoms with Crippen molar-refractivity contribution >= 4 is 27.5 Å². The van der Waals surface area contributed by atoms with Crippen molar-refractivity contribution < 1.29 is 14.6 Å². The van der Waals surface area contributed by atoms with Crippen molar-refractivity contribution in [2.75, 3.05) is 6.61 Å². The third kappa shape index (κ3) is 2.85. The molecule has 21 heavy (non-hydrogen) atoms. The Bertz CT molecular complexity index is 662. The van der Waals surface area contributed by atoms with E-state index < -0.39 is 5.97 Å². The maximum absolute atomic E-state index is 11.2. The van der Waals surface area contributed by atoms with Gasteiger partial charge >= 0.3 is 5.97 Å². The summed E-state index contributed by atoms with van der Waals surface area (Å²) in [5, 5.41) is 9.96. The van der Waals surface area contributed by atoms with Gasteiger partial charge in [-0.2, -0.15) is 0 Å². The fourth-order valence-corrected chi connectivity index (χ4v) is 3.88. The van der Waals surface area contributed by atoms with Crippen LogP contribution in [0, 0.1) is 12.8 Å². The molecule has 0 radical (unpaired) electrons. The van der Waals surface area contributed by atoms with E-state index in [9.17, 15) is 9.90 Å². The Morgan fingerprint density at radius 3 is 2.86 bits per heavy atom. The van der Waals surface area contributed by atoms with Crippen LogP contribution < -0.4 is 4.74 Å². The van der Waals surface area contributed by atoms with Crippen molar-refractivity contribution in [3.05, 3.63) is 16.8 Å². The molecule has 1 aliphatic carbocycles. The molecular weight excluding hydrogens is 288 g/mol. The number of hydrogen-bond donors (Lipinski definition) is 1. The zero-order chi connectivity index (χ0) is 14.8. The number of aromatic nitrogens is 2. The number of thiophene rings is 1. The first-order valence-corrected chi connectivity index (χ1v) is 8.08. The summed E-state index contributed by atoms with van der Waals surface area (Å²) in [5.41, 5.74) is 0.696. The molecule has 1 saturated carbocycles. The minimum Gasteiger partial charge on any atom is -0.477 e. The van der Waals surface area contributed by atoms with Crippen LogP contribution in [0.2, 0.25) is 0 Å². The summed E-state index contributed by atoms with van der Waals surface area (Å²) in [4.78, 5) is 20.6. The quantitative estimate of drug-likeness (QED) is 0.933. The molecule has 1 aliphatic rings. The summed E-state index contributed by atoms with van der Waals surface area (Å²) >= 11 is 1.18. The highest BCUT2D eigenvalue weighted by Crippen LogP contribution is 2.35. The fourth-order valence-electron chi connectivity index (χ4n) is 2.90. The van der Waals surface area contributed by atoms with Crippen LogP contribution in [0.4, 0.5) is 0 Å². The third-order valence-corrected chi connectivity index (χ3v) is 5.25. The van der Waals surface area contributed by atoms with E-state index in [1.54, 1.807) is 6.92 Å². The Kier molecular flexibility index (Phi) is 4.05. The van der Waals surface area contributed by atoms with E-state index >= 15 is 0 Å². The number of carboxylic acids is 1. The molecule has 2 heterocycles. The van der Waals surface area contributed by atoms with Crippen LogP contribution in [0.15, 0.2) is 6.33 Å². The SMILES string of the molecule is Cc1c(C(=O)O)sc2ncnc(OCC3CCCCC3)c12. The van der Waals surface area contributed by atoms with E-state index in [4.69, 9.17) is 4.74 Å². The first kappa shape index (κ1) is 14.3. The summed E-state index contributed by atoms with van der Waals surface area (Å²) in [5.74, 6) is 0.183. The topological polar surface area (TPSA) is 72.3 Å². The second kappa shape index (κ2) is 5.97. The fraction of sp³-hybridized carbons (Fsp3) is 0.533. The van der Waals surface area contributed by atoms with Crippen LogP contribution >= 0.6 is 11.3 Å². The molecule has 0 atom stereocenters. The van der Waals surface area contributed by atoms with Gasteiger partial charge in [0.1, 0.15) is 16.0 Å². The van der Waals surface area contributed by atoms with Gasteiger partial charge in [0.15, 0.2) is 0 Å². The van der Waals surface area contributed by atoms with Crippen LogP contribution in [-0.4, -0.2) is 27.7 Å². The average molecular weight is 306 g/mol. The van der Waals surface area contributed by atoms with Gasteiger partial charge in [-0.1, -0.05) is 19.3 Å². The lowest BCUT2D eigenvalue weighted by atomic mass is 9.90. The van der Waals surface area contributed by atoms with Gasteiger partial charge < -0.3 is 9.84 Å². The van der Waals surface area contributed by atoms with Crippen LogP contribution in [0.5, 0.6) is 5.88 Å². The van der Waals surface area contributed by atoms with Gasteiger partial charge in [-0.3, -0.25) is 0 Å². The third-order valence-electron chi connectivity index (χ3n) is 4.07. The van der Waals surface area contributed by atoms with E-state index in [-0.39, 0.29) is 0 Å². The Balaban J connectivity index is 1.86. The van der Waals surface area contributed by atoms with Crippen molar-refractivity contribution in [1.29, 1.82) is 0 Å². The molecular formula is C15H18N2O3S. The minimum atomic E-state index is -0.922. The summed E-state index contributed by atoms with van der Waals surface area (Å²) < 4.78 is 5.90. The predicted octanol–water partition coefficient (Wildman–Crippen LogP) is 3.66. The highest BCUT2D eigenvalue weighted by molar-refractivity contribution is 7.20. The second-order valence-corrected chi connectivity index (χ2v) is 6.53. The van der Waals surface area contributed by atoms with Gasteiger partial charge in [-0.15, -0.1) is 11.3 Å². The number of ether oxygens (including phenoxy) is 1. The van der Waals surface area contributed by atoms with E-state index in [2.05, 4.69) is 9.97 Å². The van der Waals surface area contributed by atoms with Gasteiger partial charge in [-0.25, -0.2) is 14.8 Å². The van der Waals surface area contributed by atoms with Crippen LogP contribution in [-0.2, 0) is 0 Å². The van der Waals surface area contributed by atoms with Gasteiger partial charge in [-0.05, 0) is 31.2 Å². The largest absolute Gasteiger partial charge is 0.477 e. The normalized spacial score (nSPS) is 16.2. The molecule has 0 saturated heterocycles. The molecule has 2 aromatic heterocycles. The Morgan fingerprint density at radius 2 is 2.14 bits per heavy atom. The van der Waals surface area contributed by atoms with Crippen molar-refractivity contribution in [2.24, 2.45) is 5.92 Å². The van der Waals surface area contributed by atoms with Crippen molar-refractivity contribution in [3.63, 3.8) is 0 Å². The molecule has 0 aliphatic heterocycles. The van der Waals surface area contributed by atoms with E-state index in [0.29, 0.717) is 33.7 Å². The number of hydrogen-bond acceptors (Lipinski definition) is 5. The lowest BCUT2D eigenvalue weighted by Crippen LogP contribution is -2.15. The average Bonchev–Trinajstić information content (AvgIpc) is 2.84.